The molecule has 1 fully saturated rings. The first-order valence-corrected chi connectivity index (χ1v) is 15.2. The van der Waals surface area contributed by atoms with E-state index in [9.17, 15) is 31.6 Å². The van der Waals surface area contributed by atoms with E-state index in [0.717, 1.165) is 28.8 Å². The Labute approximate surface area is 251 Å². The number of pyridine rings is 1. The molecule has 15 heteroatoms. The van der Waals surface area contributed by atoms with Gasteiger partial charge in [0.1, 0.15) is 4.64 Å². The minimum Gasteiger partial charge on any atom is -0.428 e. The average Bonchev–Trinajstić information content (AvgIpc) is 2.94. The number of hydrogen-bond donors (Lipinski definition) is 3. The maximum atomic E-state index is 13.2. The van der Waals surface area contributed by atoms with Crippen molar-refractivity contribution in [2.24, 2.45) is 0 Å². The molecule has 0 spiro atoms. The van der Waals surface area contributed by atoms with E-state index in [2.05, 4.69) is 10.6 Å². The van der Waals surface area contributed by atoms with Crippen LogP contribution in [-0.2, 0) is 22.6 Å². The zero-order valence-electron chi connectivity index (χ0n) is 22.3. The number of piperazine rings is 1. The third-order valence-electron chi connectivity index (χ3n) is 6.73. The van der Waals surface area contributed by atoms with Gasteiger partial charge in [-0.1, -0.05) is 29.9 Å². The highest BCUT2D eigenvalue weighted by molar-refractivity contribution is 7.89. The second kappa shape index (κ2) is 13.3. The number of halogens is 4. The van der Waals surface area contributed by atoms with Crippen LogP contribution in [-0.4, -0.2) is 61.4 Å². The Morgan fingerprint density at radius 2 is 1.71 bits per heavy atom. The number of unbranched alkanes of at least 4 members (excludes halogenated alkanes) is 1. The number of amides is 2. The van der Waals surface area contributed by atoms with Crippen molar-refractivity contribution in [3.63, 3.8) is 0 Å². The standard InChI is InChI=1S/C27H29ClF3N5O4S2/c28-21-16-20(27(29,30)31)17-23(18-21)34-12-14-35(15-13-34)42(39,40)24-8-6-22(7-9-24)33-26(37)32-10-2-1-4-19-5-3-11-36(38)25(19)41/h3,5-9,11,16-18,38H,1-2,4,10,12-15H2,(H2,32,33,37). The topological polar surface area (TPSA) is 107 Å². The van der Waals surface area contributed by atoms with Crippen LogP contribution in [0.25, 0.3) is 0 Å². The lowest BCUT2D eigenvalue weighted by atomic mass is 10.1. The van der Waals surface area contributed by atoms with Crippen LogP contribution in [0.2, 0.25) is 5.02 Å². The first-order valence-electron chi connectivity index (χ1n) is 13.0. The molecule has 1 aliphatic heterocycles. The number of rotatable bonds is 9. The minimum atomic E-state index is -4.54. The van der Waals surface area contributed by atoms with Crippen molar-refractivity contribution in [1.82, 2.24) is 14.4 Å². The molecular weight excluding hydrogens is 615 g/mol. The molecule has 2 heterocycles. The highest BCUT2D eigenvalue weighted by Crippen LogP contribution is 2.35. The lowest BCUT2D eigenvalue weighted by Gasteiger charge is -2.35. The normalized spacial score (nSPS) is 14.5. The molecule has 0 unspecified atom stereocenters. The minimum absolute atomic E-state index is 0.0373. The van der Waals surface area contributed by atoms with Gasteiger partial charge < -0.3 is 20.7 Å². The summed E-state index contributed by atoms with van der Waals surface area (Å²) >= 11 is 11.0. The van der Waals surface area contributed by atoms with Gasteiger partial charge in [-0.05, 0) is 73.4 Å². The fourth-order valence-corrected chi connectivity index (χ4v) is 6.38. The number of aryl methyl sites for hydroxylation is 1. The zero-order chi connectivity index (χ0) is 30.5. The summed E-state index contributed by atoms with van der Waals surface area (Å²) in [6, 6.07) is 12.1. The van der Waals surface area contributed by atoms with E-state index < -0.39 is 27.8 Å². The lowest BCUT2D eigenvalue weighted by molar-refractivity contribution is -0.137. The van der Waals surface area contributed by atoms with Crippen molar-refractivity contribution >= 4 is 51.2 Å². The summed E-state index contributed by atoms with van der Waals surface area (Å²) in [5.41, 5.74) is 0.669. The number of alkyl halides is 3. The van der Waals surface area contributed by atoms with E-state index in [4.69, 9.17) is 23.8 Å². The van der Waals surface area contributed by atoms with Crippen molar-refractivity contribution in [3.8, 4) is 0 Å². The highest BCUT2D eigenvalue weighted by atomic mass is 35.5. The molecule has 3 aromatic rings. The quantitative estimate of drug-likeness (QED) is 0.155. The van der Waals surface area contributed by atoms with Gasteiger partial charge >= 0.3 is 12.2 Å². The SMILES string of the molecule is O=C(NCCCCc1cccn(O)c1=S)Nc1ccc(S(=O)(=O)N2CCN(c3cc(Cl)cc(C(F)(F)F)c3)CC2)cc1. The second-order valence-electron chi connectivity index (χ2n) is 9.63. The van der Waals surface area contributed by atoms with Crippen molar-refractivity contribution < 1.29 is 31.6 Å². The summed E-state index contributed by atoms with van der Waals surface area (Å²) in [6.07, 6.45) is -0.980. The monoisotopic (exact) mass is 643 g/mol. The Bertz CT molecular complexity index is 1580. The van der Waals surface area contributed by atoms with Gasteiger partial charge in [0.2, 0.25) is 10.0 Å². The number of hydrogen-bond acceptors (Lipinski definition) is 6. The number of sulfonamides is 1. The summed E-state index contributed by atoms with van der Waals surface area (Å²) in [7, 11) is -3.85. The Balaban J connectivity index is 1.25. The summed E-state index contributed by atoms with van der Waals surface area (Å²) < 4.78 is 68.4. The maximum Gasteiger partial charge on any atom is 0.416 e. The van der Waals surface area contributed by atoms with E-state index in [1.807, 2.05) is 6.07 Å². The predicted octanol–water partition coefficient (Wildman–Crippen LogP) is 5.78. The predicted molar refractivity (Wildman–Crippen MR) is 156 cm³/mol. The van der Waals surface area contributed by atoms with E-state index >= 15 is 0 Å². The zero-order valence-corrected chi connectivity index (χ0v) is 24.7. The Hall–Kier alpha value is -3.33. The molecule has 1 aromatic heterocycles. The van der Waals surface area contributed by atoms with E-state index in [1.54, 1.807) is 11.0 Å². The van der Waals surface area contributed by atoms with Gasteiger partial charge in [-0.25, -0.2) is 13.2 Å². The molecule has 1 aliphatic rings. The molecular formula is C27H29ClF3N5O4S2. The molecule has 0 saturated carbocycles. The Kier molecular flexibility index (Phi) is 10.0. The van der Waals surface area contributed by atoms with Crippen LogP contribution in [0.1, 0.15) is 24.0 Å². The summed E-state index contributed by atoms with van der Waals surface area (Å²) in [4.78, 5) is 13.9. The fraction of sp³-hybridized carbons (Fsp3) is 0.333. The first-order chi connectivity index (χ1) is 19.8. The molecule has 0 atom stereocenters. The lowest BCUT2D eigenvalue weighted by Crippen LogP contribution is -2.48. The number of urea groups is 1. The number of aromatic nitrogens is 1. The van der Waals surface area contributed by atoms with Crippen molar-refractivity contribution in [2.75, 3.05) is 42.9 Å². The van der Waals surface area contributed by atoms with Gasteiger partial charge in [-0.3, -0.25) is 0 Å². The van der Waals surface area contributed by atoms with Crippen molar-refractivity contribution in [2.45, 2.75) is 30.3 Å². The molecule has 3 N–H and O–H groups in total. The second-order valence-corrected chi connectivity index (χ2v) is 12.4. The van der Waals surface area contributed by atoms with Gasteiger partial charge in [-0.2, -0.15) is 22.2 Å². The van der Waals surface area contributed by atoms with Gasteiger partial charge in [0, 0.05) is 55.3 Å². The molecule has 2 aromatic carbocycles. The van der Waals surface area contributed by atoms with Gasteiger partial charge in [0.25, 0.3) is 0 Å². The molecule has 0 radical (unpaired) electrons. The number of nitrogens with one attached hydrogen (secondary N) is 2. The molecule has 0 bridgehead atoms. The van der Waals surface area contributed by atoms with Crippen LogP contribution in [0.4, 0.5) is 29.3 Å². The molecule has 1 saturated heterocycles. The maximum absolute atomic E-state index is 13.2. The third kappa shape index (κ3) is 7.94. The summed E-state index contributed by atoms with van der Waals surface area (Å²) in [5.74, 6) is 0. The van der Waals surface area contributed by atoms with E-state index in [0.29, 0.717) is 29.7 Å². The molecule has 0 aliphatic carbocycles. The third-order valence-corrected chi connectivity index (χ3v) is 9.31. The average molecular weight is 644 g/mol. The number of benzene rings is 2. The summed E-state index contributed by atoms with van der Waals surface area (Å²) in [6.45, 7) is 0.957. The van der Waals surface area contributed by atoms with Gasteiger partial charge in [0.15, 0.2) is 0 Å². The van der Waals surface area contributed by atoms with Crippen molar-refractivity contribution in [1.29, 1.82) is 0 Å². The number of nitrogens with zero attached hydrogens (tertiary/aromatic N) is 3. The van der Waals surface area contributed by atoms with Crippen LogP contribution >= 0.6 is 23.8 Å². The Morgan fingerprint density at radius 3 is 2.38 bits per heavy atom. The van der Waals surface area contributed by atoms with E-state index in [-0.39, 0.29) is 41.8 Å². The van der Waals surface area contributed by atoms with Crippen LogP contribution in [0, 0.1) is 4.64 Å². The smallest absolute Gasteiger partial charge is 0.416 e. The molecule has 2 amide bonds. The molecule has 9 nitrogen and oxygen atoms in total. The van der Waals surface area contributed by atoms with Crippen LogP contribution < -0.4 is 15.5 Å². The fourth-order valence-electron chi connectivity index (χ4n) is 4.50. The van der Waals surface area contributed by atoms with Gasteiger partial charge in [0.05, 0.1) is 10.5 Å². The first kappa shape index (κ1) is 31.6. The molecule has 226 valence electrons. The number of carbonyl (C=O) groups is 1. The van der Waals surface area contributed by atoms with Crippen molar-refractivity contribution in [3.05, 3.63) is 81.6 Å². The van der Waals surface area contributed by atoms with E-state index in [1.165, 1.54) is 40.8 Å². The summed E-state index contributed by atoms with van der Waals surface area (Å²) in [5, 5.41) is 15.0. The Morgan fingerprint density at radius 1 is 1.02 bits per heavy atom. The molecule has 4 rings (SSSR count). The van der Waals surface area contributed by atoms with Gasteiger partial charge in [-0.15, -0.1) is 0 Å². The number of carbonyl (C=O) groups excluding carboxylic acids is 1. The number of anilines is 2. The van der Waals surface area contributed by atoms with Crippen LogP contribution in [0.5, 0.6) is 0 Å². The highest BCUT2D eigenvalue weighted by Gasteiger charge is 2.33. The van der Waals surface area contributed by atoms with Crippen LogP contribution in [0.15, 0.2) is 65.7 Å². The molecule has 42 heavy (non-hydrogen) atoms. The largest absolute Gasteiger partial charge is 0.428 e. The van der Waals surface area contributed by atoms with Crippen LogP contribution in [0.3, 0.4) is 0 Å².